The van der Waals surface area contributed by atoms with E-state index in [9.17, 15) is 4.79 Å². The molecule has 148 valence electrons. The van der Waals surface area contributed by atoms with Gasteiger partial charge < -0.3 is 5.32 Å². The zero-order valence-electron chi connectivity index (χ0n) is 16.6. The Hall–Kier alpha value is -3.63. The molecule has 4 aromatic rings. The fraction of sp³-hybridized carbons (Fsp3) is 0.130. The SMILES string of the molecule is Cc1ccc(-c2cc3c(SCC(=O)Nc4cccc(C#N)c4)nccn3n2)cc1C. The third-order valence-corrected chi connectivity index (χ3v) is 5.77. The van der Waals surface area contributed by atoms with E-state index in [0.717, 1.165) is 21.8 Å². The van der Waals surface area contributed by atoms with Crippen molar-refractivity contribution in [1.82, 2.24) is 14.6 Å². The summed E-state index contributed by atoms with van der Waals surface area (Å²) in [5, 5.41) is 17.2. The number of hydrogen-bond acceptors (Lipinski definition) is 5. The topological polar surface area (TPSA) is 83.1 Å². The summed E-state index contributed by atoms with van der Waals surface area (Å²) in [7, 11) is 0. The molecule has 4 rings (SSSR count). The number of nitrogens with zero attached hydrogens (tertiary/aromatic N) is 4. The van der Waals surface area contributed by atoms with Crippen molar-refractivity contribution in [2.75, 3.05) is 11.1 Å². The number of carbonyl (C=O) groups is 1. The van der Waals surface area contributed by atoms with Crippen molar-refractivity contribution < 1.29 is 4.79 Å². The predicted octanol–water partition coefficient (Wildman–Crippen LogP) is 4.62. The lowest BCUT2D eigenvalue weighted by Crippen LogP contribution is -2.14. The molecule has 0 atom stereocenters. The number of aromatic nitrogens is 3. The Morgan fingerprint density at radius 1 is 1.17 bits per heavy atom. The molecule has 7 heteroatoms. The van der Waals surface area contributed by atoms with E-state index in [-0.39, 0.29) is 11.7 Å². The largest absolute Gasteiger partial charge is 0.325 e. The quantitative estimate of drug-likeness (QED) is 0.483. The lowest BCUT2D eigenvalue weighted by Gasteiger charge is -2.05. The van der Waals surface area contributed by atoms with Gasteiger partial charge in [-0.15, -0.1) is 0 Å². The summed E-state index contributed by atoms with van der Waals surface area (Å²) >= 11 is 1.35. The van der Waals surface area contributed by atoms with Gasteiger partial charge in [0.05, 0.1) is 28.6 Å². The Labute approximate surface area is 178 Å². The third-order valence-electron chi connectivity index (χ3n) is 4.77. The molecule has 0 saturated carbocycles. The first-order valence-corrected chi connectivity index (χ1v) is 10.4. The average Bonchev–Trinajstić information content (AvgIpc) is 3.19. The summed E-state index contributed by atoms with van der Waals surface area (Å²) in [5.74, 6) is 0.0425. The van der Waals surface area contributed by atoms with Gasteiger partial charge in [-0.05, 0) is 55.3 Å². The van der Waals surface area contributed by atoms with Crippen LogP contribution < -0.4 is 5.32 Å². The van der Waals surface area contributed by atoms with Crippen LogP contribution in [0.5, 0.6) is 0 Å². The van der Waals surface area contributed by atoms with Crippen LogP contribution >= 0.6 is 11.8 Å². The maximum Gasteiger partial charge on any atom is 0.234 e. The number of nitriles is 1. The smallest absolute Gasteiger partial charge is 0.234 e. The number of nitrogens with one attached hydrogen (secondary N) is 1. The van der Waals surface area contributed by atoms with Gasteiger partial charge in [0.2, 0.25) is 5.91 Å². The van der Waals surface area contributed by atoms with Gasteiger partial charge in [-0.2, -0.15) is 10.4 Å². The van der Waals surface area contributed by atoms with Crippen LogP contribution in [0.2, 0.25) is 0 Å². The maximum atomic E-state index is 12.4. The number of benzene rings is 2. The molecule has 2 heterocycles. The maximum absolute atomic E-state index is 12.4. The molecule has 0 fully saturated rings. The molecule has 1 amide bonds. The molecule has 0 bridgehead atoms. The molecular formula is C23H19N5OS. The minimum Gasteiger partial charge on any atom is -0.325 e. The highest BCUT2D eigenvalue weighted by Crippen LogP contribution is 2.27. The zero-order valence-corrected chi connectivity index (χ0v) is 17.4. The molecule has 0 saturated heterocycles. The van der Waals surface area contributed by atoms with Crippen molar-refractivity contribution in [3.63, 3.8) is 0 Å². The van der Waals surface area contributed by atoms with Crippen molar-refractivity contribution in [2.45, 2.75) is 18.9 Å². The van der Waals surface area contributed by atoms with E-state index >= 15 is 0 Å². The molecule has 0 radical (unpaired) electrons. The van der Waals surface area contributed by atoms with Gasteiger partial charge >= 0.3 is 0 Å². The van der Waals surface area contributed by atoms with E-state index in [1.807, 2.05) is 6.07 Å². The Morgan fingerprint density at radius 2 is 2.03 bits per heavy atom. The number of anilines is 1. The molecule has 2 aromatic heterocycles. The first-order valence-electron chi connectivity index (χ1n) is 9.38. The van der Waals surface area contributed by atoms with Crippen LogP contribution in [0.3, 0.4) is 0 Å². The van der Waals surface area contributed by atoms with Crippen LogP contribution in [0.25, 0.3) is 16.8 Å². The average molecular weight is 414 g/mol. The summed E-state index contributed by atoms with van der Waals surface area (Å²) in [5.41, 5.74) is 6.34. The predicted molar refractivity (Wildman–Crippen MR) is 118 cm³/mol. The molecule has 2 aromatic carbocycles. The second kappa shape index (κ2) is 8.39. The molecule has 6 nitrogen and oxygen atoms in total. The van der Waals surface area contributed by atoms with Gasteiger partial charge in [0, 0.05) is 23.6 Å². The van der Waals surface area contributed by atoms with E-state index in [1.54, 1.807) is 41.2 Å². The van der Waals surface area contributed by atoms with Crippen LogP contribution in [0.4, 0.5) is 5.69 Å². The van der Waals surface area contributed by atoms with E-state index in [4.69, 9.17) is 5.26 Å². The number of rotatable bonds is 5. The van der Waals surface area contributed by atoms with Gasteiger partial charge in [-0.1, -0.05) is 30.0 Å². The molecule has 0 aliphatic heterocycles. The molecule has 1 N–H and O–H groups in total. The number of hydrogen-bond donors (Lipinski definition) is 1. The molecule has 0 aliphatic rings. The number of aryl methyl sites for hydroxylation is 2. The Bertz CT molecular complexity index is 1290. The normalized spacial score (nSPS) is 10.7. The third kappa shape index (κ3) is 4.19. The zero-order chi connectivity index (χ0) is 21.1. The lowest BCUT2D eigenvalue weighted by molar-refractivity contribution is -0.113. The van der Waals surface area contributed by atoms with Crippen molar-refractivity contribution in [3.05, 3.63) is 77.6 Å². The van der Waals surface area contributed by atoms with Crippen molar-refractivity contribution in [1.29, 1.82) is 5.26 Å². The number of carbonyl (C=O) groups excluding carboxylic acids is 1. The molecular weight excluding hydrogens is 394 g/mol. The summed E-state index contributed by atoms with van der Waals surface area (Å²) in [6.07, 6.45) is 3.48. The van der Waals surface area contributed by atoms with Crippen molar-refractivity contribution in [3.8, 4) is 17.3 Å². The van der Waals surface area contributed by atoms with Crippen LogP contribution in [-0.2, 0) is 4.79 Å². The highest BCUT2D eigenvalue weighted by atomic mass is 32.2. The minimum atomic E-state index is -0.159. The monoisotopic (exact) mass is 413 g/mol. The van der Waals surface area contributed by atoms with Crippen molar-refractivity contribution >= 4 is 28.9 Å². The molecule has 0 aliphatic carbocycles. The number of thioether (sulfide) groups is 1. The number of fused-ring (bicyclic) bond motifs is 1. The van der Waals surface area contributed by atoms with Crippen LogP contribution in [0, 0.1) is 25.2 Å². The minimum absolute atomic E-state index is 0.159. The van der Waals surface area contributed by atoms with Crippen LogP contribution in [-0.4, -0.2) is 26.3 Å². The van der Waals surface area contributed by atoms with Crippen LogP contribution in [0.1, 0.15) is 16.7 Å². The van der Waals surface area contributed by atoms with Crippen molar-refractivity contribution in [2.24, 2.45) is 0 Å². The summed E-state index contributed by atoms with van der Waals surface area (Å²) in [6.45, 7) is 4.17. The Balaban J connectivity index is 1.51. The van der Waals surface area contributed by atoms with Gasteiger partial charge in [0.25, 0.3) is 0 Å². The van der Waals surface area contributed by atoms with E-state index in [2.05, 4.69) is 53.5 Å². The van der Waals surface area contributed by atoms with Gasteiger partial charge in [0.1, 0.15) is 5.03 Å². The Morgan fingerprint density at radius 3 is 2.83 bits per heavy atom. The van der Waals surface area contributed by atoms with Gasteiger partial charge in [-0.3, -0.25) is 4.79 Å². The van der Waals surface area contributed by atoms with Crippen LogP contribution in [0.15, 0.2) is 66.0 Å². The molecule has 0 spiro atoms. The van der Waals surface area contributed by atoms with Gasteiger partial charge in [-0.25, -0.2) is 9.50 Å². The molecule has 30 heavy (non-hydrogen) atoms. The highest BCUT2D eigenvalue weighted by Gasteiger charge is 2.12. The summed E-state index contributed by atoms with van der Waals surface area (Å²) < 4.78 is 1.79. The highest BCUT2D eigenvalue weighted by molar-refractivity contribution is 8.00. The summed E-state index contributed by atoms with van der Waals surface area (Å²) in [4.78, 5) is 16.8. The standard InChI is InChI=1S/C23H19N5OS/c1-15-6-7-18(10-16(15)2)20-12-21-23(25-8-9-28(21)27-20)30-14-22(29)26-19-5-3-4-17(11-19)13-24/h3-12H,14H2,1-2H3,(H,26,29). The van der Waals surface area contributed by atoms with E-state index in [0.29, 0.717) is 11.3 Å². The second-order valence-electron chi connectivity index (χ2n) is 6.92. The lowest BCUT2D eigenvalue weighted by atomic mass is 10.0. The van der Waals surface area contributed by atoms with Gasteiger partial charge in [0.15, 0.2) is 0 Å². The van der Waals surface area contributed by atoms with E-state index < -0.39 is 0 Å². The first-order chi connectivity index (χ1) is 14.5. The summed E-state index contributed by atoms with van der Waals surface area (Å²) in [6, 6.07) is 17.2. The fourth-order valence-corrected chi connectivity index (χ4v) is 3.82. The Kier molecular flexibility index (Phi) is 5.50. The molecule has 0 unspecified atom stereocenters. The second-order valence-corrected chi connectivity index (χ2v) is 7.88. The first kappa shape index (κ1) is 19.7. The number of amides is 1. The fourth-order valence-electron chi connectivity index (χ4n) is 3.05. The van der Waals surface area contributed by atoms with E-state index in [1.165, 1.54) is 22.9 Å².